The summed E-state index contributed by atoms with van der Waals surface area (Å²) >= 11 is 0. The summed E-state index contributed by atoms with van der Waals surface area (Å²) in [6.07, 6.45) is 5.03. The Balaban J connectivity index is 2.02. The first kappa shape index (κ1) is 12.5. The van der Waals surface area contributed by atoms with Gasteiger partial charge in [-0.25, -0.2) is 0 Å². The predicted molar refractivity (Wildman–Crippen MR) is 74.0 cm³/mol. The van der Waals surface area contributed by atoms with Crippen molar-refractivity contribution in [3.8, 4) is 0 Å². The van der Waals surface area contributed by atoms with Gasteiger partial charge < -0.3 is 14.1 Å². The zero-order chi connectivity index (χ0) is 13.6. The molecule has 2 aromatic rings. The molecule has 0 aliphatic heterocycles. The maximum absolute atomic E-state index is 10.3. The van der Waals surface area contributed by atoms with Crippen LogP contribution >= 0.6 is 0 Å². The molecule has 2 heterocycles. The molecule has 1 atom stereocenters. The summed E-state index contributed by atoms with van der Waals surface area (Å²) in [7, 11) is 0. The van der Waals surface area contributed by atoms with E-state index in [-0.39, 0.29) is 11.5 Å². The van der Waals surface area contributed by atoms with Crippen LogP contribution in [0.5, 0.6) is 0 Å². The van der Waals surface area contributed by atoms with Gasteiger partial charge in [-0.2, -0.15) is 0 Å². The van der Waals surface area contributed by atoms with Crippen molar-refractivity contribution in [2.75, 3.05) is 0 Å². The predicted octanol–water partition coefficient (Wildman–Crippen LogP) is 3.44. The van der Waals surface area contributed by atoms with Crippen molar-refractivity contribution in [3.63, 3.8) is 0 Å². The van der Waals surface area contributed by atoms with Crippen LogP contribution in [-0.4, -0.2) is 9.67 Å². The van der Waals surface area contributed by atoms with E-state index >= 15 is 0 Å². The SMILES string of the molecule is Cc1cc2c(n1Cc1ccoc1)CC(C)(C)CC2O. The van der Waals surface area contributed by atoms with E-state index in [0.717, 1.165) is 24.9 Å². The van der Waals surface area contributed by atoms with Crippen LogP contribution in [0.25, 0.3) is 0 Å². The number of aliphatic hydroxyl groups excluding tert-OH is 1. The van der Waals surface area contributed by atoms with Crippen molar-refractivity contribution in [2.24, 2.45) is 5.41 Å². The average Bonchev–Trinajstić information content (AvgIpc) is 2.90. The number of fused-ring (bicyclic) bond motifs is 1. The van der Waals surface area contributed by atoms with Crippen LogP contribution in [0.1, 0.15) is 48.9 Å². The zero-order valence-corrected chi connectivity index (χ0v) is 11.8. The zero-order valence-electron chi connectivity index (χ0n) is 11.8. The van der Waals surface area contributed by atoms with Crippen LogP contribution < -0.4 is 0 Å². The summed E-state index contributed by atoms with van der Waals surface area (Å²) in [6.45, 7) is 7.38. The minimum absolute atomic E-state index is 0.158. The number of hydrogen-bond acceptors (Lipinski definition) is 2. The minimum atomic E-state index is -0.331. The van der Waals surface area contributed by atoms with Gasteiger partial charge in [-0.15, -0.1) is 0 Å². The van der Waals surface area contributed by atoms with Gasteiger partial charge in [0.1, 0.15) is 0 Å². The molecular formula is C16H21NO2. The molecule has 0 saturated heterocycles. The molecule has 3 heteroatoms. The highest BCUT2D eigenvalue weighted by molar-refractivity contribution is 5.34. The molecule has 1 N–H and O–H groups in total. The molecule has 1 aliphatic rings. The lowest BCUT2D eigenvalue weighted by molar-refractivity contribution is 0.0981. The molecule has 0 radical (unpaired) electrons. The first-order valence-corrected chi connectivity index (χ1v) is 6.84. The summed E-state index contributed by atoms with van der Waals surface area (Å²) in [5.41, 5.74) is 4.93. The molecule has 0 spiro atoms. The number of aryl methyl sites for hydroxylation is 1. The third-order valence-electron chi connectivity index (χ3n) is 4.12. The fourth-order valence-electron chi connectivity index (χ4n) is 3.19. The van der Waals surface area contributed by atoms with Gasteiger partial charge in [-0.1, -0.05) is 13.8 Å². The highest BCUT2D eigenvalue weighted by atomic mass is 16.3. The molecule has 3 rings (SSSR count). The van der Waals surface area contributed by atoms with E-state index in [1.165, 1.54) is 17.0 Å². The highest BCUT2D eigenvalue weighted by Crippen LogP contribution is 2.42. The van der Waals surface area contributed by atoms with Gasteiger partial charge >= 0.3 is 0 Å². The van der Waals surface area contributed by atoms with Crippen LogP contribution in [0.3, 0.4) is 0 Å². The summed E-state index contributed by atoms with van der Waals surface area (Å²) in [4.78, 5) is 0. The molecule has 1 aliphatic carbocycles. The van der Waals surface area contributed by atoms with E-state index in [0.29, 0.717) is 0 Å². The minimum Gasteiger partial charge on any atom is -0.472 e. The Morgan fingerprint density at radius 3 is 2.95 bits per heavy atom. The van der Waals surface area contributed by atoms with Crippen LogP contribution in [0.15, 0.2) is 29.1 Å². The maximum Gasteiger partial charge on any atom is 0.0952 e. The monoisotopic (exact) mass is 259 g/mol. The van der Waals surface area contributed by atoms with Gasteiger partial charge in [0.25, 0.3) is 0 Å². The summed E-state index contributed by atoms with van der Waals surface area (Å²) < 4.78 is 7.46. The normalized spacial score (nSPS) is 21.4. The van der Waals surface area contributed by atoms with E-state index in [9.17, 15) is 5.11 Å². The van der Waals surface area contributed by atoms with Gasteiger partial charge in [0.2, 0.25) is 0 Å². The van der Waals surface area contributed by atoms with Gasteiger partial charge in [0.15, 0.2) is 0 Å². The molecule has 2 aromatic heterocycles. The Morgan fingerprint density at radius 2 is 2.26 bits per heavy atom. The van der Waals surface area contributed by atoms with Crippen molar-refractivity contribution >= 4 is 0 Å². The number of aliphatic hydroxyl groups is 1. The van der Waals surface area contributed by atoms with Gasteiger partial charge in [-0.05, 0) is 37.3 Å². The number of aromatic nitrogens is 1. The molecular weight excluding hydrogens is 238 g/mol. The standard InChI is InChI=1S/C16H21NO2/c1-11-6-13-14(7-16(2,3)8-15(13)18)17(11)9-12-4-5-19-10-12/h4-6,10,15,18H,7-9H2,1-3H3. The summed E-state index contributed by atoms with van der Waals surface area (Å²) in [6, 6.07) is 4.13. The maximum atomic E-state index is 10.3. The Kier molecular flexibility index (Phi) is 2.82. The van der Waals surface area contributed by atoms with Crippen LogP contribution in [0.2, 0.25) is 0 Å². The molecule has 19 heavy (non-hydrogen) atoms. The quantitative estimate of drug-likeness (QED) is 0.897. The third-order valence-corrected chi connectivity index (χ3v) is 4.12. The van der Waals surface area contributed by atoms with Crippen molar-refractivity contribution in [3.05, 3.63) is 47.2 Å². The highest BCUT2D eigenvalue weighted by Gasteiger charge is 2.33. The smallest absolute Gasteiger partial charge is 0.0952 e. The third kappa shape index (κ3) is 2.23. The second-order valence-electron chi connectivity index (χ2n) is 6.47. The largest absolute Gasteiger partial charge is 0.472 e. The van der Waals surface area contributed by atoms with Crippen LogP contribution in [0.4, 0.5) is 0 Å². The van der Waals surface area contributed by atoms with E-state index in [1.54, 1.807) is 12.5 Å². The van der Waals surface area contributed by atoms with Gasteiger partial charge in [-0.3, -0.25) is 0 Å². The van der Waals surface area contributed by atoms with Crippen LogP contribution in [-0.2, 0) is 13.0 Å². The number of hydrogen-bond donors (Lipinski definition) is 1. The molecule has 3 nitrogen and oxygen atoms in total. The fourth-order valence-corrected chi connectivity index (χ4v) is 3.19. The first-order chi connectivity index (χ1) is 8.96. The lowest BCUT2D eigenvalue weighted by Gasteiger charge is -2.34. The van der Waals surface area contributed by atoms with Gasteiger partial charge in [0.05, 0.1) is 25.2 Å². The molecule has 0 aromatic carbocycles. The van der Waals surface area contributed by atoms with Crippen LogP contribution in [0, 0.1) is 12.3 Å². The Bertz CT molecular complexity index is 578. The van der Waals surface area contributed by atoms with Crippen molar-refractivity contribution < 1.29 is 9.52 Å². The summed E-state index contributed by atoms with van der Waals surface area (Å²) in [5, 5.41) is 10.3. The van der Waals surface area contributed by atoms with E-state index in [4.69, 9.17) is 4.42 Å². The van der Waals surface area contributed by atoms with Crippen molar-refractivity contribution in [1.82, 2.24) is 4.57 Å². The van der Waals surface area contributed by atoms with E-state index in [1.807, 2.05) is 6.07 Å². The second kappa shape index (κ2) is 4.27. The topological polar surface area (TPSA) is 38.3 Å². The lowest BCUT2D eigenvalue weighted by atomic mass is 9.75. The van der Waals surface area contributed by atoms with Crippen molar-refractivity contribution in [1.29, 1.82) is 0 Å². The Hall–Kier alpha value is -1.48. The molecule has 1 unspecified atom stereocenters. The van der Waals surface area contributed by atoms with E-state index < -0.39 is 0 Å². The first-order valence-electron chi connectivity index (χ1n) is 6.84. The van der Waals surface area contributed by atoms with Gasteiger partial charge in [0, 0.05) is 22.5 Å². The lowest BCUT2D eigenvalue weighted by Crippen LogP contribution is -2.27. The number of nitrogens with zero attached hydrogens (tertiary/aromatic N) is 1. The Morgan fingerprint density at radius 1 is 1.47 bits per heavy atom. The van der Waals surface area contributed by atoms with E-state index in [2.05, 4.69) is 31.4 Å². The number of rotatable bonds is 2. The van der Waals surface area contributed by atoms with Crippen molar-refractivity contribution in [2.45, 2.75) is 46.3 Å². The molecule has 0 fully saturated rings. The Labute approximate surface area is 113 Å². The summed E-state index contributed by atoms with van der Waals surface area (Å²) in [5.74, 6) is 0. The number of furan rings is 1. The molecule has 0 saturated carbocycles. The molecule has 102 valence electrons. The fraction of sp³-hybridized carbons (Fsp3) is 0.500. The average molecular weight is 259 g/mol. The molecule has 0 amide bonds. The second-order valence-corrected chi connectivity index (χ2v) is 6.47. The molecule has 0 bridgehead atoms.